The number of benzene rings is 1. The smallest absolute Gasteiger partial charge is 0.258 e. The van der Waals surface area contributed by atoms with Gasteiger partial charge in [-0.15, -0.1) is 0 Å². The topological polar surface area (TPSA) is 90.7 Å². The van der Waals surface area contributed by atoms with Crippen LogP contribution in [0.2, 0.25) is 0 Å². The molecule has 0 amide bonds. The molecule has 0 aliphatic rings. The number of hydrogen-bond donors (Lipinski definition) is 0. The van der Waals surface area contributed by atoms with E-state index in [9.17, 15) is 10.1 Å². The molecular weight excluding hydrogens is 206 g/mol. The van der Waals surface area contributed by atoms with Gasteiger partial charge in [0.05, 0.1) is 28.9 Å². The van der Waals surface area contributed by atoms with Crippen LogP contribution in [-0.2, 0) is 5.41 Å². The lowest BCUT2D eigenvalue weighted by atomic mass is 9.81. The molecule has 0 saturated carbocycles. The first-order valence-electron chi connectivity index (χ1n) is 4.56. The van der Waals surface area contributed by atoms with Gasteiger partial charge < -0.3 is 0 Å². The largest absolute Gasteiger partial charge is 0.269 e. The average Bonchev–Trinajstić information content (AvgIpc) is 2.29. The Balaban J connectivity index is 3.23. The molecular formula is C11H9N3O2. The zero-order chi connectivity index (χ0) is 12.2. The third kappa shape index (κ3) is 2.15. The van der Waals surface area contributed by atoms with Crippen LogP contribution in [0, 0.1) is 32.8 Å². The average molecular weight is 215 g/mol. The number of nitriles is 2. The summed E-state index contributed by atoms with van der Waals surface area (Å²) in [7, 11) is 0. The van der Waals surface area contributed by atoms with Gasteiger partial charge in [-0.2, -0.15) is 10.5 Å². The van der Waals surface area contributed by atoms with E-state index in [1.54, 1.807) is 13.0 Å². The SMILES string of the molecule is CC(C#N)(CC#N)c1cccc([N+](=O)[O-])c1. The highest BCUT2D eigenvalue weighted by atomic mass is 16.6. The van der Waals surface area contributed by atoms with E-state index in [1.807, 2.05) is 12.1 Å². The highest BCUT2D eigenvalue weighted by Crippen LogP contribution is 2.28. The van der Waals surface area contributed by atoms with Crippen molar-refractivity contribution in [3.63, 3.8) is 0 Å². The van der Waals surface area contributed by atoms with E-state index in [1.165, 1.54) is 18.2 Å². The maximum Gasteiger partial charge on any atom is 0.269 e. The quantitative estimate of drug-likeness (QED) is 0.571. The van der Waals surface area contributed by atoms with Crippen molar-refractivity contribution >= 4 is 5.69 Å². The summed E-state index contributed by atoms with van der Waals surface area (Å²) < 4.78 is 0. The van der Waals surface area contributed by atoms with Crippen LogP contribution in [0.15, 0.2) is 24.3 Å². The minimum atomic E-state index is -0.999. The summed E-state index contributed by atoms with van der Waals surface area (Å²) in [4.78, 5) is 10.1. The number of rotatable bonds is 3. The van der Waals surface area contributed by atoms with E-state index in [-0.39, 0.29) is 12.1 Å². The van der Waals surface area contributed by atoms with Gasteiger partial charge in [-0.05, 0) is 12.5 Å². The lowest BCUT2D eigenvalue weighted by Crippen LogP contribution is -2.18. The summed E-state index contributed by atoms with van der Waals surface area (Å²) in [6, 6.07) is 9.75. The monoisotopic (exact) mass is 215 g/mol. The predicted octanol–water partition coefficient (Wildman–Crippen LogP) is 2.29. The standard InChI is InChI=1S/C11H9N3O2/c1-11(8-13,5-6-12)9-3-2-4-10(7-9)14(15)16/h2-4,7H,5H2,1H3. The van der Waals surface area contributed by atoms with Crippen LogP contribution >= 0.6 is 0 Å². The number of non-ortho nitro benzene ring substituents is 1. The van der Waals surface area contributed by atoms with Crippen molar-refractivity contribution in [3.05, 3.63) is 39.9 Å². The van der Waals surface area contributed by atoms with Crippen molar-refractivity contribution in [2.75, 3.05) is 0 Å². The summed E-state index contributed by atoms with van der Waals surface area (Å²) in [5, 5.41) is 28.3. The predicted molar refractivity (Wildman–Crippen MR) is 56.3 cm³/mol. The van der Waals surface area contributed by atoms with Gasteiger partial charge in [0.25, 0.3) is 5.69 Å². The van der Waals surface area contributed by atoms with Gasteiger partial charge in [-0.3, -0.25) is 10.1 Å². The highest BCUT2D eigenvalue weighted by Gasteiger charge is 2.27. The molecule has 16 heavy (non-hydrogen) atoms. The Hall–Kier alpha value is -2.40. The summed E-state index contributed by atoms with van der Waals surface area (Å²) in [5.74, 6) is 0. The fraction of sp³-hybridized carbons (Fsp3) is 0.273. The molecule has 5 heteroatoms. The molecule has 0 aliphatic heterocycles. The fourth-order valence-electron chi connectivity index (χ4n) is 1.33. The second-order valence-corrected chi connectivity index (χ2v) is 3.59. The third-order valence-corrected chi connectivity index (χ3v) is 2.37. The van der Waals surface area contributed by atoms with Crippen LogP contribution in [0.5, 0.6) is 0 Å². The van der Waals surface area contributed by atoms with Crippen molar-refractivity contribution in [3.8, 4) is 12.1 Å². The lowest BCUT2D eigenvalue weighted by Gasteiger charge is -2.17. The second-order valence-electron chi connectivity index (χ2n) is 3.59. The van der Waals surface area contributed by atoms with E-state index < -0.39 is 10.3 Å². The van der Waals surface area contributed by atoms with Gasteiger partial charge in [0, 0.05) is 12.1 Å². The molecule has 5 nitrogen and oxygen atoms in total. The van der Waals surface area contributed by atoms with Crippen molar-refractivity contribution in [1.29, 1.82) is 10.5 Å². The Bertz CT molecular complexity index is 499. The summed E-state index contributed by atoms with van der Waals surface area (Å²) in [5.41, 5.74) is -0.580. The molecule has 0 aliphatic carbocycles. The Morgan fingerprint density at radius 1 is 1.50 bits per heavy atom. The zero-order valence-electron chi connectivity index (χ0n) is 8.67. The van der Waals surface area contributed by atoms with Crippen LogP contribution in [0.3, 0.4) is 0 Å². The number of nitro benzene ring substituents is 1. The minimum absolute atomic E-state index is 0.00463. The van der Waals surface area contributed by atoms with Crippen molar-refractivity contribution in [2.24, 2.45) is 0 Å². The Labute approximate surface area is 92.7 Å². The second kappa shape index (κ2) is 4.41. The highest BCUT2D eigenvalue weighted by molar-refractivity contribution is 5.41. The number of nitro groups is 1. The van der Waals surface area contributed by atoms with E-state index in [0.29, 0.717) is 5.56 Å². The molecule has 1 atom stereocenters. The molecule has 1 aromatic carbocycles. The zero-order valence-corrected chi connectivity index (χ0v) is 8.67. The maximum atomic E-state index is 10.6. The lowest BCUT2D eigenvalue weighted by molar-refractivity contribution is -0.384. The third-order valence-electron chi connectivity index (χ3n) is 2.37. The van der Waals surface area contributed by atoms with E-state index in [0.717, 1.165) is 0 Å². The van der Waals surface area contributed by atoms with Gasteiger partial charge >= 0.3 is 0 Å². The van der Waals surface area contributed by atoms with Gasteiger partial charge in [-0.25, -0.2) is 0 Å². The Kier molecular flexibility index (Phi) is 3.22. The molecule has 0 N–H and O–H groups in total. The van der Waals surface area contributed by atoms with Gasteiger partial charge in [0.2, 0.25) is 0 Å². The van der Waals surface area contributed by atoms with Crippen LogP contribution < -0.4 is 0 Å². The summed E-state index contributed by atoms with van der Waals surface area (Å²) >= 11 is 0. The van der Waals surface area contributed by atoms with Crippen LogP contribution in [-0.4, -0.2) is 4.92 Å². The molecule has 1 rings (SSSR count). The van der Waals surface area contributed by atoms with Crippen molar-refractivity contribution in [1.82, 2.24) is 0 Å². The maximum absolute atomic E-state index is 10.6. The van der Waals surface area contributed by atoms with Crippen LogP contribution in [0.25, 0.3) is 0 Å². The van der Waals surface area contributed by atoms with Crippen molar-refractivity contribution < 1.29 is 4.92 Å². The normalized spacial score (nSPS) is 13.2. The van der Waals surface area contributed by atoms with E-state index >= 15 is 0 Å². The molecule has 0 aromatic heterocycles. The van der Waals surface area contributed by atoms with E-state index in [2.05, 4.69) is 0 Å². The molecule has 0 spiro atoms. The molecule has 0 heterocycles. The van der Waals surface area contributed by atoms with Crippen LogP contribution in [0.4, 0.5) is 5.69 Å². The minimum Gasteiger partial charge on any atom is -0.258 e. The van der Waals surface area contributed by atoms with Gasteiger partial charge in [0.1, 0.15) is 0 Å². The van der Waals surface area contributed by atoms with Crippen molar-refractivity contribution in [2.45, 2.75) is 18.8 Å². The molecule has 1 aromatic rings. The molecule has 80 valence electrons. The van der Waals surface area contributed by atoms with E-state index in [4.69, 9.17) is 10.5 Å². The molecule has 1 unspecified atom stereocenters. The first kappa shape index (κ1) is 11.7. The Morgan fingerprint density at radius 3 is 2.69 bits per heavy atom. The number of hydrogen-bond acceptors (Lipinski definition) is 4. The van der Waals surface area contributed by atoms with Crippen LogP contribution in [0.1, 0.15) is 18.9 Å². The van der Waals surface area contributed by atoms with Gasteiger partial charge in [-0.1, -0.05) is 12.1 Å². The summed E-state index contributed by atoms with van der Waals surface area (Å²) in [6.07, 6.45) is 0.00463. The first-order chi connectivity index (χ1) is 7.53. The molecule has 0 saturated heterocycles. The molecule has 0 bridgehead atoms. The summed E-state index contributed by atoms with van der Waals surface area (Å²) in [6.45, 7) is 1.59. The fourth-order valence-corrected chi connectivity index (χ4v) is 1.33. The Morgan fingerprint density at radius 2 is 2.19 bits per heavy atom. The van der Waals surface area contributed by atoms with Gasteiger partial charge in [0.15, 0.2) is 0 Å². The number of nitrogens with zero attached hydrogens (tertiary/aromatic N) is 3. The molecule has 0 radical (unpaired) electrons. The first-order valence-corrected chi connectivity index (χ1v) is 4.56. The molecule has 0 fully saturated rings.